The minimum Gasteiger partial charge on any atom is -0.302 e. The Morgan fingerprint density at radius 1 is 1.71 bits per heavy atom. The summed E-state index contributed by atoms with van der Waals surface area (Å²) in [6, 6.07) is 0. The van der Waals surface area contributed by atoms with E-state index < -0.39 is 0 Å². The predicted octanol–water partition coefficient (Wildman–Crippen LogP) is 2.61. The van der Waals surface area contributed by atoms with Gasteiger partial charge in [-0.2, -0.15) is 0 Å². The van der Waals surface area contributed by atoms with Crippen LogP contribution >= 0.6 is 11.3 Å². The molecule has 0 spiro atoms. The Hall–Kier alpha value is -1.49. The number of thiazole rings is 1. The molecule has 0 aromatic carbocycles. The van der Waals surface area contributed by atoms with Gasteiger partial charge in [-0.3, -0.25) is 9.79 Å². The van der Waals surface area contributed by atoms with Crippen LogP contribution in [0.2, 0.25) is 0 Å². The second kappa shape index (κ2) is 4.79. The molecule has 2 rings (SSSR count). The summed E-state index contributed by atoms with van der Waals surface area (Å²) in [5, 5.41) is 3.50. The van der Waals surface area contributed by atoms with Gasteiger partial charge in [0.25, 0.3) is 0 Å². The molecule has 1 amide bonds. The molecule has 1 N–H and O–H groups in total. The molecule has 0 aliphatic heterocycles. The summed E-state index contributed by atoms with van der Waals surface area (Å²) < 4.78 is 0. The van der Waals surface area contributed by atoms with Gasteiger partial charge >= 0.3 is 0 Å². The van der Waals surface area contributed by atoms with Gasteiger partial charge < -0.3 is 5.32 Å². The topological polar surface area (TPSA) is 54.4 Å². The summed E-state index contributed by atoms with van der Waals surface area (Å²) in [5.74, 6) is 0.765. The summed E-state index contributed by atoms with van der Waals surface area (Å²) in [4.78, 5) is 20.9. The summed E-state index contributed by atoms with van der Waals surface area (Å²) in [7, 11) is 0. The van der Waals surface area contributed by atoms with Crippen molar-refractivity contribution >= 4 is 28.6 Å². The van der Waals surface area contributed by atoms with E-state index in [2.05, 4.69) is 28.8 Å². The minimum absolute atomic E-state index is 0.0819. The van der Waals surface area contributed by atoms with E-state index in [0.29, 0.717) is 11.0 Å². The maximum Gasteiger partial charge on any atom is 0.229 e. The van der Waals surface area contributed by atoms with Crippen LogP contribution in [0.15, 0.2) is 17.8 Å². The molecule has 90 valence electrons. The maximum atomic E-state index is 11.7. The molecule has 4 nitrogen and oxygen atoms in total. The number of hydrogen-bond acceptors (Lipinski definition) is 4. The summed E-state index contributed by atoms with van der Waals surface area (Å²) in [5.41, 5.74) is 0.875. The van der Waals surface area contributed by atoms with Gasteiger partial charge in [-0.05, 0) is 19.3 Å². The normalized spacial score (nSPS) is 22.7. The number of amides is 1. The summed E-state index contributed by atoms with van der Waals surface area (Å²) >= 11 is 1.43. The zero-order chi connectivity index (χ0) is 12.4. The van der Waals surface area contributed by atoms with Gasteiger partial charge in [0.2, 0.25) is 5.91 Å². The highest BCUT2D eigenvalue weighted by Gasteiger charge is 2.39. The minimum atomic E-state index is 0.0819. The van der Waals surface area contributed by atoms with E-state index in [1.807, 2.05) is 6.92 Å². The van der Waals surface area contributed by atoms with Crippen LogP contribution in [0.5, 0.6) is 0 Å². The van der Waals surface area contributed by atoms with Crippen molar-refractivity contribution in [1.82, 2.24) is 4.98 Å². The Kier molecular flexibility index (Phi) is 3.38. The van der Waals surface area contributed by atoms with Gasteiger partial charge in [-0.1, -0.05) is 24.8 Å². The number of hydrogen-bond donors (Lipinski definition) is 1. The standard InChI is InChI=1S/C12H15N3OS/c1-4-13-6-10-8(3)14-12(17-10)15-11(16)9-5-7(9)2/h4,6-7,9H,1,5H2,2-3H3,(H,14,15,16)/b13-6-/t7-,9-/m1/s1. The third kappa shape index (κ3) is 2.79. The van der Waals surface area contributed by atoms with E-state index in [-0.39, 0.29) is 11.8 Å². The number of aliphatic imine (C=N–C) groups is 1. The van der Waals surface area contributed by atoms with Crippen molar-refractivity contribution < 1.29 is 4.79 Å². The molecule has 1 aromatic heterocycles. The van der Waals surface area contributed by atoms with Gasteiger partial charge in [0.05, 0.1) is 10.6 Å². The molecular formula is C12H15N3OS. The Bertz CT molecular complexity index is 478. The van der Waals surface area contributed by atoms with Crippen molar-refractivity contribution in [2.24, 2.45) is 16.8 Å². The van der Waals surface area contributed by atoms with Gasteiger partial charge in [-0.25, -0.2) is 4.98 Å². The first-order chi connectivity index (χ1) is 8.11. The van der Waals surface area contributed by atoms with Crippen molar-refractivity contribution in [2.45, 2.75) is 20.3 Å². The average Bonchev–Trinajstić information content (AvgIpc) is 2.91. The molecule has 1 saturated carbocycles. The lowest BCUT2D eigenvalue weighted by Gasteiger charge is -1.98. The second-order valence-corrected chi connectivity index (χ2v) is 5.27. The molecular weight excluding hydrogens is 234 g/mol. The largest absolute Gasteiger partial charge is 0.302 e. The quantitative estimate of drug-likeness (QED) is 0.834. The molecule has 0 bridgehead atoms. The van der Waals surface area contributed by atoms with Crippen molar-refractivity contribution in [3.8, 4) is 0 Å². The molecule has 1 heterocycles. The molecule has 17 heavy (non-hydrogen) atoms. The smallest absolute Gasteiger partial charge is 0.229 e. The Morgan fingerprint density at radius 2 is 2.41 bits per heavy atom. The van der Waals surface area contributed by atoms with Gasteiger partial charge in [0.15, 0.2) is 5.13 Å². The zero-order valence-electron chi connectivity index (χ0n) is 9.93. The molecule has 0 unspecified atom stereocenters. The molecule has 2 atom stereocenters. The van der Waals surface area contributed by atoms with E-state index in [1.54, 1.807) is 6.21 Å². The Balaban J connectivity index is 2.04. The van der Waals surface area contributed by atoms with E-state index in [4.69, 9.17) is 0 Å². The van der Waals surface area contributed by atoms with Crippen molar-refractivity contribution in [3.05, 3.63) is 23.3 Å². The number of aromatic nitrogens is 1. The molecule has 0 saturated heterocycles. The lowest BCUT2D eigenvalue weighted by molar-refractivity contribution is -0.117. The van der Waals surface area contributed by atoms with Crippen LogP contribution in [0.3, 0.4) is 0 Å². The average molecular weight is 249 g/mol. The van der Waals surface area contributed by atoms with Crippen LogP contribution < -0.4 is 5.32 Å². The van der Waals surface area contributed by atoms with Crippen LogP contribution in [0.25, 0.3) is 0 Å². The maximum absolute atomic E-state index is 11.7. The molecule has 1 aromatic rings. The first-order valence-corrected chi connectivity index (χ1v) is 6.36. The van der Waals surface area contributed by atoms with Gasteiger partial charge in [-0.15, -0.1) is 0 Å². The summed E-state index contributed by atoms with van der Waals surface area (Å²) in [6.45, 7) is 7.50. The van der Waals surface area contributed by atoms with Gasteiger partial charge in [0.1, 0.15) is 0 Å². The van der Waals surface area contributed by atoms with Crippen molar-refractivity contribution in [2.75, 3.05) is 5.32 Å². The third-order valence-corrected chi connectivity index (χ3v) is 3.81. The molecule has 5 heteroatoms. The van der Waals surface area contributed by atoms with E-state index in [1.165, 1.54) is 17.5 Å². The number of nitrogens with zero attached hydrogens (tertiary/aromatic N) is 2. The number of carbonyl (C=O) groups is 1. The number of aryl methyl sites for hydroxylation is 1. The lowest BCUT2D eigenvalue weighted by Crippen LogP contribution is -2.14. The number of nitrogens with one attached hydrogen (secondary N) is 1. The SMILES string of the molecule is C=C/N=C\c1sc(NC(=O)[C@@H]2C[C@H]2C)nc1C. The van der Waals surface area contributed by atoms with Gasteiger partial charge in [0, 0.05) is 18.3 Å². The third-order valence-electron chi connectivity index (χ3n) is 2.81. The Morgan fingerprint density at radius 3 is 3.00 bits per heavy atom. The molecule has 1 aliphatic rings. The number of carbonyl (C=O) groups excluding carboxylic acids is 1. The second-order valence-electron chi connectivity index (χ2n) is 4.24. The van der Waals surface area contributed by atoms with Crippen LogP contribution in [-0.4, -0.2) is 17.1 Å². The fourth-order valence-electron chi connectivity index (χ4n) is 1.59. The number of anilines is 1. The van der Waals surface area contributed by atoms with Crippen LogP contribution in [0.4, 0.5) is 5.13 Å². The van der Waals surface area contributed by atoms with E-state index >= 15 is 0 Å². The predicted molar refractivity (Wildman–Crippen MR) is 70.5 cm³/mol. The highest BCUT2D eigenvalue weighted by Crippen LogP contribution is 2.38. The zero-order valence-corrected chi connectivity index (χ0v) is 10.8. The highest BCUT2D eigenvalue weighted by atomic mass is 32.1. The fourth-order valence-corrected chi connectivity index (χ4v) is 2.44. The molecule has 1 aliphatic carbocycles. The van der Waals surface area contributed by atoms with Crippen LogP contribution in [0, 0.1) is 18.8 Å². The molecule has 0 radical (unpaired) electrons. The van der Waals surface area contributed by atoms with Crippen LogP contribution in [-0.2, 0) is 4.79 Å². The number of rotatable bonds is 4. The molecule has 1 fully saturated rings. The van der Waals surface area contributed by atoms with Crippen LogP contribution in [0.1, 0.15) is 23.9 Å². The van der Waals surface area contributed by atoms with E-state index in [0.717, 1.165) is 17.0 Å². The fraction of sp³-hybridized carbons (Fsp3) is 0.417. The lowest BCUT2D eigenvalue weighted by atomic mass is 10.3. The first kappa shape index (κ1) is 12.0. The van der Waals surface area contributed by atoms with Crippen molar-refractivity contribution in [1.29, 1.82) is 0 Å². The monoisotopic (exact) mass is 249 g/mol. The Labute approximate surface area is 104 Å². The van der Waals surface area contributed by atoms with E-state index in [9.17, 15) is 4.79 Å². The summed E-state index contributed by atoms with van der Waals surface area (Å²) in [6.07, 6.45) is 4.17. The highest BCUT2D eigenvalue weighted by molar-refractivity contribution is 7.17. The first-order valence-electron chi connectivity index (χ1n) is 5.54. The van der Waals surface area contributed by atoms with Crippen molar-refractivity contribution in [3.63, 3.8) is 0 Å².